The van der Waals surface area contributed by atoms with E-state index in [1.54, 1.807) is 35.6 Å². The zero-order valence-corrected chi connectivity index (χ0v) is 12.6. The van der Waals surface area contributed by atoms with Crippen LogP contribution in [0, 0.1) is 0 Å². The van der Waals surface area contributed by atoms with Crippen molar-refractivity contribution in [3.63, 3.8) is 0 Å². The molecule has 1 aliphatic heterocycles. The van der Waals surface area contributed by atoms with Crippen LogP contribution in [-0.2, 0) is 11.3 Å². The first-order valence-corrected chi connectivity index (χ1v) is 7.47. The van der Waals surface area contributed by atoms with Gasteiger partial charge in [-0.15, -0.1) is 0 Å². The van der Waals surface area contributed by atoms with Crippen molar-refractivity contribution in [2.45, 2.75) is 6.54 Å². The van der Waals surface area contributed by atoms with Gasteiger partial charge in [-0.25, -0.2) is 0 Å². The molecule has 0 aromatic carbocycles. The first-order chi connectivity index (χ1) is 11.3. The Bertz CT molecular complexity index is 664. The van der Waals surface area contributed by atoms with Gasteiger partial charge >= 0.3 is 0 Å². The SMILES string of the molecule is O=CN1CCN(c2ccnc(C(=O)NCc3ccco3)c2)CC1. The van der Waals surface area contributed by atoms with Crippen molar-refractivity contribution < 1.29 is 14.0 Å². The molecular formula is C16H18N4O3. The number of nitrogens with one attached hydrogen (secondary N) is 1. The Kier molecular flexibility index (Phi) is 4.56. The molecule has 2 amide bonds. The molecule has 120 valence electrons. The number of piperazine rings is 1. The molecule has 7 nitrogen and oxygen atoms in total. The highest BCUT2D eigenvalue weighted by Gasteiger charge is 2.17. The predicted octanol–water partition coefficient (Wildman–Crippen LogP) is 0.883. The maximum absolute atomic E-state index is 12.2. The Hall–Kier alpha value is -2.83. The molecule has 1 N–H and O–H groups in total. The molecule has 0 bridgehead atoms. The van der Waals surface area contributed by atoms with Crippen LogP contribution in [0.1, 0.15) is 16.2 Å². The van der Waals surface area contributed by atoms with Gasteiger partial charge in [0.25, 0.3) is 5.91 Å². The highest BCUT2D eigenvalue weighted by Crippen LogP contribution is 2.16. The molecule has 0 unspecified atom stereocenters. The van der Waals surface area contributed by atoms with E-state index >= 15 is 0 Å². The quantitative estimate of drug-likeness (QED) is 0.829. The molecule has 0 spiro atoms. The number of rotatable bonds is 5. The van der Waals surface area contributed by atoms with Crippen LogP contribution in [0.4, 0.5) is 5.69 Å². The van der Waals surface area contributed by atoms with Gasteiger partial charge in [0.2, 0.25) is 6.41 Å². The van der Waals surface area contributed by atoms with Crippen LogP contribution in [0.5, 0.6) is 0 Å². The third-order valence-electron chi connectivity index (χ3n) is 3.81. The Balaban J connectivity index is 1.62. The maximum Gasteiger partial charge on any atom is 0.270 e. The summed E-state index contributed by atoms with van der Waals surface area (Å²) in [5.41, 5.74) is 1.31. The zero-order valence-electron chi connectivity index (χ0n) is 12.6. The van der Waals surface area contributed by atoms with Crippen molar-refractivity contribution >= 4 is 18.0 Å². The Morgan fingerprint density at radius 3 is 2.83 bits per heavy atom. The Labute approximate surface area is 133 Å². The molecule has 1 aliphatic rings. The highest BCUT2D eigenvalue weighted by molar-refractivity contribution is 5.93. The van der Waals surface area contributed by atoms with Crippen molar-refractivity contribution in [2.75, 3.05) is 31.1 Å². The van der Waals surface area contributed by atoms with Gasteiger partial charge < -0.3 is 19.5 Å². The van der Waals surface area contributed by atoms with Crippen LogP contribution >= 0.6 is 0 Å². The van der Waals surface area contributed by atoms with Crippen molar-refractivity contribution in [2.24, 2.45) is 0 Å². The van der Waals surface area contributed by atoms with Crippen LogP contribution in [0.3, 0.4) is 0 Å². The predicted molar refractivity (Wildman–Crippen MR) is 84.0 cm³/mol. The molecule has 2 aromatic heterocycles. The Morgan fingerprint density at radius 1 is 1.30 bits per heavy atom. The minimum atomic E-state index is -0.241. The van der Waals surface area contributed by atoms with E-state index in [1.165, 1.54) is 0 Å². The zero-order chi connectivity index (χ0) is 16.1. The lowest BCUT2D eigenvalue weighted by atomic mass is 10.2. The van der Waals surface area contributed by atoms with Gasteiger partial charge in [0.05, 0.1) is 12.8 Å². The number of aromatic nitrogens is 1. The number of hydrogen-bond donors (Lipinski definition) is 1. The molecule has 1 saturated heterocycles. The minimum absolute atomic E-state index is 0.241. The van der Waals surface area contributed by atoms with E-state index < -0.39 is 0 Å². The van der Waals surface area contributed by atoms with E-state index in [1.807, 2.05) is 6.07 Å². The third-order valence-corrected chi connectivity index (χ3v) is 3.81. The summed E-state index contributed by atoms with van der Waals surface area (Å²) in [4.78, 5) is 31.0. The standard InChI is InChI=1S/C16H18N4O3/c21-12-19-5-7-20(8-6-19)13-3-4-17-15(10-13)16(22)18-11-14-2-1-9-23-14/h1-4,9-10,12H,5-8,11H2,(H,18,22). The highest BCUT2D eigenvalue weighted by atomic mass is 16.3. The van der Waals surface area contributed by atoms with Gasteiger partial charge in [-0.3, -0.25) is 14.6 Å². The van der Waals surface area contributed by atoms with E-state index in [0.29, 0.717) is 31.1 Å². The van der Waals surface area contributed by atoms with Crippen molar-refractivity contribution in [1.82, 2.24) is 15.2 Å². The second kappa shape index (κ2) is 6.95. The second-order valence-corrected chi connectivity index (χ2v) is 5.29. The van der Waals surface area contributed by atoms with Crippen LogP contribution in [-0.4, -0.2) is 48.4 Å². The number of nitrogens with zero attached hydrogens (tertiary/aromatic N) is 3. The summed E-state index contributed by atoms with van der Waals surface area (Å²) in [5.74, 6) is 0.453. The van der Waals surface area contributed by atoms with Crippen molar-refractivity contribution in [3.05, 3.63) is 48.2 Å². The smallest absolute Gasteiger partial charge is 0.270 e. The first-order valence-electron chi connectivity index (χ1n) is 7.47. The third kappa shape index (κ3) is 3.68. The average molecular weight is 314 g/mol. The molecule has 3 heterocycles. The maximum atomic E-state index is 12.2. The fourth-order valence-electron chi connectivity index (χ4n) is 2.50. The van der Waals surface area contributed by atoms with Crippen LogP contribution in [0.25, 0.3) is 0 Å². The number of hydrogen-bond acceptors (Lipinski definition) is 5. The Morgan fingerprint density at radius 2 is 2.13 bits per heavy atom. The van der Waals surface area contributed by atoms with Gasteiger partial charge in [-0.1, -0.05) is 0 Å². The molecular weight excluding hydrogens is 296 g/mol. The molecule has 0 atom stereocenters. The summed E-state index contributed by atoms with van der Waals surface area (Å²) in [6, 6.07) is 7.23. The summed E-state index contributed by atoms with van der Waals surface area (Å²) in [6.45, 7) is 3.19. The van der Waals surface area contributed by atoms with E-state index in [0.717, 1.165) is 25.2 Å². The topological polar surface area (TPSA) is 78.7 Å². The largest absolute Gasteiger partial charge is 0.467 e. The summed E-state index contributed by atoms with van der Waals surface area (Å²) in [5, 5.41) is 2.78. The lowest BCUT2D eigenvalue weighted by Gasteiger charge is -2.34. The fraction of sp³-hybridized carbons (Fsp3) is 0.312. The average Bonchev–Trinajstić information content (AvgIpc) is 3.13. The van der Waals surface area contributed by atoms with Crippen molar-refractivity contribution in [3.8, 4) is 0 Å². The van der Waals surface area contributed by atoms with Gasteiger partial charge in [0, 0.05) is 38.1 Å². The monoisotopic (exact) mass is 314 g/mol. The van der Waals surface area contributed by atoms with Gasteiger partial charge in [0.1, 0.15) is 11.5 Å². The number of amides is 2. The number of carbonyl (C=O) groups excluding carboxylic acids is 2. The van der Waals surface area contributed by atoms with Crippen LogP contribution in [0.2, 0.25) is 0 Å². The van der Waals surface area contributed by atoms with E-state index in [2.05, 4.69) is 15.2 Å². The van der Waals surface area contributed by atoms with Gasteiger partial charge in [0.15, 0.2) is 0 Å². The molecule has 3 rings (SSSR count). The lowest BCUT2D eigenvalue weighted by Crippen LogP contribution is -2.45. The fourth-order valence-corrected chi connectivity index (χ4v) is 2.50. The van der Waals surface area contributed by atoms with Crippen molar-refractivity contribution in [1.29, 1.82) is 0 Å². The molecule has 1 fully saturated rings. The molecule has 23 heavy (non-hydrogen) atoms. The summed E-state index contributed by atoms with van der Waals surface area (Å²) < 4.78 is 5.18. The number of anilines is 1. The number of carbonyl (C=O) groups is 2. The molecule has 2 aromatic rings. The molecule has 0 saturated carbocycles. The lowest BCUT2D eigenvalue weighted by molar-refractivity contribution is -0.118. The number of furan rings is 1. The summed E-state index contributed by atoms with van der Waals surface area (Å²) in [6.07, 6.45) is 4.07. The summed E-state index contributed by atoms with van der Waals surface area (Å²) >= 11 is 0. The molecule has 7 heteroatoms. The van der Waals surface area contributed by atoms with E-state index in [-0.39, 0.29) is 5.91 Å². The first kappa shape index (κ1) is 15.1. The van der Waals surface area contributed by atoms with E-state index in [9.17, 15) is 9.59 Å². The van der Waals surface area contributed by atoms with Gasteiger partial charge in [-0.05, 0) is 24.3 Å². The van der Waals surface area contributed by atoms with Gasteiger partial charge in [-0.2, -0.15) is 0 Å². The number of pyridine rings is 1. The van der Waals surface area contributed by atoms with Crippen LogP contribution < -0.4 is 10.2 Å². The second-order valence-electron chi connectivity index (χ2n) is 5.29. The van der Waals surface area contributed by atoms with E-state index in [4.69, 9.17) is 4.42 Å². The molecule has 0 aliphatic carbocycles. The molecule has 0 radical (unpaired) electrons. The minimum Gasteiger partial charge on any atom is -0.467 e. The van der Waals surface area contributed by atoms with Crippen LogP contribution in [0.15, 0.2) is 41.1 Å². The summed E-state index contributed by atoms with van der Waals surface area (Å²) in [7, 11) is 0. The normalized spacial score (nSPS) is 14.6.